The molecule has 1 amide bonds. The summed E-state index contributed by atoms with van der Waals surface area (Å²) in [7, 11) is 0. The number of amides is 1. The molecule has 0 saturated heterocycles. The molecule has 1 saturated carbocycles. The van der Waals surface area contributed by atoms with Crippen LogP contribution >= 0.6 is 0 Å². The first-order valence-corrected chi connectivity index (χ1v) is 6.49. The lowest BCUT2D eigenvalue weighted by Crippen LogP contribution is -2.29. The van der Waals surface area contributed by atoms with Gasteiger partial charge in [0.1, 0.15) is 0 Å². The van der Waals surface area contributed by atoms with Gasteiger partial charge in [-0.15, -0.1) is 0 Å². The average Bonchev–Trinajstić information content (AvgIpc) is 3.09. The van der Waals surface area contributed by atoms with E-state index in [1.54, 1.807) is 6.07 Å². The smallest absolute Gasteiger partial charge is 0.307 e. The van der Waals surface area contributed by atoms with Crippen molar-refractivity contribution in [2.75, 3.05) is 6.79 Å². The number of ether oxygens (including phenoxy) is 2. The molecule has 0 bridgehead atoms. The van der Waals surface area contributed by atoms with Gasteiger partial charge in [0.25, 0.3) is 0 Å². The summed E-state index contributed by atoms with van der Waals surface area (Å²) in [5, 5.41) is 11.7. The van der Waals surface area contributed by atoms with Crippen molar-refractivity contribution in [3.63, 3.8) is 0 Å². The van der Waals surface area contributed by atoms with Crippen molar-refractivity contribution in [1.82, 2.24) is 5.32 Å². The minimum atomic E-state index is -0.902. The van der Waals surface area contributed by atoms with Crippen LogP contribution in [0.2, 0.25) is 0 Å². The Bertz CT molecular complexity index is 571. The van der Waals surface area contributed by atoms with E-state index < -0.39 is 17.8 Å². The third kappa shape index (κ3) is 2.29. The summed E-state index contributed by atoms with van der Waals surface area (Å²) in [6.45, 7) is 2.06. The minimum absolute atomic E-state index is 0.202. The van der Waals surface area contributed by atoms with E-state index in [0.717, 1.165) is 5.56 Å². The van der Waals surface area contributed by atoms with E-state index in [-0.39, 0.29) is 18.7 Å². The van der Waals surface area contributed by atoms with Crippen molar-refractivity contribution < 1.29 is 24.2 Å². The Labute approximate surface area is 115 Å². The molecule has 1 aliphatic heterocycles. The highest BCUT2D eigenvalue weighted by Crippen LogP contribution is 2.39. The zero-order chi connectivity index (χ0) is 14.3. The monoisotopic (exact) mass is 277 g/mol. The SMILES string of the molecule is C[C@H](NC(=O)[C@H]1C[C@H]1C(=O)O)c1ccc2c(c1)OCO2. The van der Waals surface area contributed by atoms with Gasteiger partial charge < -0.3 is 19.9 Å². The van der Waals surface area contributed by atoms with Gasteiger partial charge in [-0.05, 0) is 31.0 Å². The van der Waals surface area contributed by atoms with Gasteiger partial charge in [-0.1, -0.05) is 6.07 Å². The van der Waals surface area contributed by atoms with Gasteiger partial charge in [-0.25, -0.2) is 0 Å². The molecular weight excluding hydrogens is 262 g/mol. The van der Waals surface area contributed by atoms with Crippen LogP contribution in [0.5, 0.6) is 11.5 Å². The van der Waals surface area contributed by atoms with Gasteiger partial charge in [-0.3, -0.25) is 9.59 Å². The number of aliphatic carboxylic acids is 1. The van der Waals surface area contributed by atoms with Gasteiger partial charge in [0, 0.05) is 0 Å². The van der Waals surface area contributed by atoms with Crippen molar-refractivity contribution in [2.45, 2.75) is 19.4 Å². The molecule has 20 heavy (non-hydrogen) atoms. The lowest BCUT2D eigenvalue weighted by molar-refractivity contribution is -0.140. The average molecular weight is 277 g/mol. The normalized spacial score (nSPS) is 24.1. The summed E-state index contributed by atoms with van der Waals surface area (Å²) in [4.78, 5) is 22.7. The predicted molar refractivity (Wildman–Crippen MR) is 68.4 cm³/mol. The maximum Gasteiger partial charge on any atom is 0.307 e. The Hall–Kier alpha value is -2.24. The lowest BCUT2D eigenvalue weighted by Gasteiger charge is -2.14. The number of carboxylic acid groups (broad SMARTS) is 1. The minimum Gasteiger partial charge on any atom is -0.481 e. The lowest BCUT2D eigenvalue weighted by atomic mass is 10.1. The molecule has 0 unspecified atom stereocenters. The molecule has 6 heteroatoms. The van der Waals surface area contributed by atoms with E-state index in [0.29, 0.717) is 17.9 Å². The fourth-order valence-corrected chi connectivity index (χ4v) is 2.34. The Morgan fingerprint density at radius 1 is 1.30 bits per heavy atom. The Balaban J connectivity index is 1.63. The third-order valence-electron chi connectivity index (χ3n) is 3.70. The summed E-state index contributed by atoms with van der Waals surface area (Å²) in [6, 6.07) is 5.29. The highest BCUT2D eigenvalue weighted by atomic mass is 16.7. The van der Waals surface area contributed by atoms with Crippen LogP contribution < -0.4 is 14.8 Å². The number of nitrogens with one attached hydrogen (secondary N) is 1. The first-order valence-electron chi connectivity index (χ1n) is 6.49. The molecule has 2 aliphatic rings. The molecule has 1 fully saturated rings. The van der Waals surface area contributed by atoms with E-state index in [9.17, 15) is 9.59 Å². The third-order valence-corrected chi connectivity index (χ3v) is 3.70. The number of rotatable bonds is 4. The van der Waals surface area contributed by atoms with E-state index in [1.807, 2.05) is 19.1 Å². The van der Waals surface area contributed by atoms with Crippen LogP contribution in [-0.4, -0.2) is 23.8 Å². The second-order valence-electron chi connectivity index (χ2n) is 5.13. The maximum absolute atomic E-state index is 11.9. The first-order chi connectivity index (χ1) is 9.56. The first kappa shape index (κ1) is 12.8. The van der Waals surface area contributed by atoms with Gasteiger partial charge in [0.15, 0.2) is 11.5 Å². The summed E-state index contributed by atoms with van der Waals surface area (Å²) < 4.78 is 10.5. The zero-order valence-electron chi connectivity index (χ0n) is 11.0. The molecule has 1 heterocycles. The van der Waals surface area contributed by atoms with Crippen LogP contribution in [-0.2, 0) is 9.59 Å². The largest absolute Gasteiger partial charge is 0.481 e. The molecule has 6 nitrogen and oxygen atoms in total. The Morgan fingerprint density at radius 2 is 2.05 bits per heavy atom. The number of carboxylic acids is 1. The number of hydrogen-bond acceptors (Lipinski definition) is 4. The van der Waals surface area contributed by atoms with Crippen LogP contribution in [0.1, 0.15) is 24.9 Å². The summed E-state index contributed by atoms with van der Waals surface area (Å²) in [6.07, 6.45) is 0.426. The van der Waals surface area contributed by atoms with Crippen LogP contribution in [0.15, 0.2) is 18.2 Å². The standard InChI is InChI=1S/C14H15NO5/c1-7(15-13(16)9-5-10(9)14(17)18)8-2-3-11-12(4-8)20-6-19-11/h2-4,7,9-10H,5-6H2,1H3,(H,15,16)(H,17,18)/t7-,9-,10+/m0/s1. The second-order valence-corrected chi connectivity index (χ2v) is 5.13. The molecule has 1 aromatic rings. The van der Waals surface area contributed by atoms with E-state index >= 15 is 0 Å². The molecule has 3 atom stereocenters. The highest BCUT2D eigenvalue weighted by molar-refractivity contribution is 5.89. The molecular formula is C14H15NO5. The van der Waals surface area contributed by atoms with Crippen molar-refractivity contribution in [3.05, 3.63) is 23.8 Å². The molecule has 1 aromatic carbocycles. The number of fused-ring (bicyclic) bond motifs is 1. The quantitative estimate of drug-likeness (QED) is 0.866. The molecule has 0 spiro atoms. The number of carbonyl (C=O) groups is 2. The summed E-state index contributed by atoms with van der Waals surface area (Å²) in [5.74, 6) is -0.676. The Kier molecular flexibility index (Phi) is 3.00. The number of hydrogen-bond donors (Lipinski definition) is 2. The van der Waals surface area contributed by atoms with Gasteiger partial charge in [0.05, 0.1) is 17.9 Å². The van der Waals surface area contributed by atoms with Crippen molar-refractivity contribution in [1.29, 1.82) is 0 Å². The topological polar surface area (TPSA) is 84.9 Å². The fraction of sp³-hybridized carbons (Fsp3) is 0.429. The summed E-state index contributed by atoms with van der Waals surface area (Å²) in [5.41, 5.74) is 0.898. The molecule has 3 rings (SSSR count). The fourth-order valence-electron chi connectivity index (χ4n) is 2.34. The second kappa shape index (κ2) is 4.70. The molecule has 0 aromatic heterocycles. The van der Waals surface area contributed by atoms with E-state index in [1.165, 1.54) is 0 Å². The van der Waals surface area contributed by atoms with Crippen LogP contribution in [0.25, 0.3) is 0 Å². The van der Waals surface area contributed by atoms with Gasteiger partial charge >= 0.3 is 5.97 Å². The molecule has 1 aliphatic carbocycles. The van der Waals surface area contributed by atoms with Crippen LogP contribution in [0.3, 0.4) is 0 Å². The Morgan fingerprint density at radius 3 is 2.75 bits per heavy atom. The molecule has 106 valence electrons. The number of benzene rings is 1. The van der Waals surface area contributed by atoms with Gasteiger partial charge in [0.2, 0.25) is 12.7 Å². The van der Waals surface area contributed by atoms with Crippen LogP contribution in [0, 0.1) is 11.8 Å². The van der Waals surface area contributed by atoms with Crippen molar-refractivity contribution in [2.24, 2.45) is 11.8 Å². The number of carbonyl (C=O) groups excluding carboxylic acids is 1. The summed E-state index contributed by atoms with van der Waals surface area (Å²) >= 11 is 0. The van der Waals surface area contributed by atoms with E-state index in [2.05, 4.69) is 5.32 Å². The zero-order valence-corrected chi connectivity index (χ0v) is 11.0. The molecule has 2 N–H and O–H groups in total. The maximum atomic E-state index is 11.9. The molecule has 0 radical (unpaired) electrons. The van der Waals surface area contributed by atoms with Crippen LogP contribution in [0.4, 0.5) is 0 Å². The predicted octanol–water partition coefficient (Wildman–Crippen LogP) is 1.31. The van der Waals surface area contributed by atoms with Crippen molar-refractivity contribution in [3.8, 4) is 11.5 Å². The highest BCUT2D eigenvalue weighted by Gasteiger charge is 2.48. The van der Waals surface area contributed by atoms with E-state index in [4.69, 9.17) is 14.6 Å². The van der Waals surface area contributed by atoms with Gasteiger partial charge in [-0.2, -0.15) is 0 Å². The van der Waals surface area contributed by atoms with Crippen molar-refractivity contribution >= 4 is 11.9 Å².